The number of aliphatic carboxylic acids is 1. The number of benzene rings is 1. The van der Waals surface area contributed by atoms with Gasteiger partial charge in [0.1, 0.15) is 6.04 Å². The molecule has 1 heterocycles. The van der Waals surface area contributed by atoms with Crippen LogP contribution in [0.5, 0.6) is 0 Å². The maximum atomic E-state index is 12.5. The molecule has 0 spiro atoms. The lowest BCUT2D eigenvalue weighted by Crippen LogP contribution is -2.45. The fourth-order valence-corrected chi connectivity index (χ4v) is 2.55. The minimum Gasteiger partial charge on any atom is -0.480 e. The van der Waals surface area contributed by atoms with Gasteiger partial charge in [-0.25, -0.2) is 4.79 Å². The molecule has 1 aliphatic rings. The quantitative estimate of drug-likeness (QED) is 0.908. The van der Waals surface area contributed by atoms with Crippen LogP contribution in [0.4, 0.5) is 0 Å². The van der Waals surface area contributed by atoms with E-state index >= 15 is 0 Å². The van der Waals surface area contributed by atoms with E-state index < -0.39 is 18.1 Å². The highest BCUT2D eigenvalue weighted by molar-refractivity contribution is 5.87. The van der Waals surface area contributed by atoms with Gasteiger partial charge in [0.15, 0.2) is 6.10 Å². The lowest BCUT2D eigenvalue weighted by molar-refractivity contribution is -0.155. The predicted octanol–water partition coefficient (Wildman–Crippen LogP) is 1.62. The molecule has 0 aliphatic carbocycles. The summed E-state index contributed by atoms with van der Waals surface area (Å²) in [7, 11) is 1.52. The second-order valence-corrected chi connectivity index (χ2v) is 4.91. The fourth-order valence-electron chi connectivity index (χ4n) is 2.55. The smallest absolute Gasteiger partial charge is 0.326 e. The number of rotatable bonds is 4. The van der Waals surface area contributed by atoms with Crippen molar-refractivity contribution in [3.05, 3.63) is 35.4 Å². The Labute approximate surface area is 118 Å². The zero-order valence-corrected chi connectivity index (χ0v) is 11.7. The van der Waals surface area contributed by atoms with Gasteiger partial charge in [0.05, 0.1) is 6.61 Å². The van der Waals surface area contributed by atoms with Crippen molar-refractivity contribution in [3.63, 3.8) is 0 Å². The SMILES string of the molecule is CCC(C(=O)O)N(C)C(=O)C1OCCc2ccccc21. The number of ether oxygens (including phenoxy) is 1. The monoisotopic (exact) mass is 277 g/mol. The Morgan fingerprint density at radius 3 is 2.80 bits per heavy atom. The van der Waals surface area contributed by atoms with Crippen LogP contribution in [0.1, 0.15) is 30.6 Å². The van der Waals surface area contributed by atoms with Crippen LogP contribution in [0.15, 0.2) is 24.3 Å². The van der Waals surface area contributed by atoms with Crippen molar-refractivity contribution in [1.82, 2.24) is 4.90 Å². The van der Waals surface area contributed by atoms with Crippen LogP contribution in [-0.4, -0.2) is 41.6 Å². The highest BCUT2D eigenvalue weighted by atomic mass is 16.5. The van der Waals surface area contributed by atoms with Crippen molar-refractivity contribution in [2.75, 3.05) is 13.7 Å². The van der Waals surface area contributed by atoms with E-state index in [1.807, 2.05) is 24.3 Å². The van der Waals surface area contributed by atoms with Crippen molar-refractivity contribution in [2.24, 2.45) is 0 Å². The fraction of sp³-hybridized carbons (Fsp3) is 0.467. The Balaban J connectivity index is 2.24. The number of carbonyl (C=O) groups is 2. The summed E-state index contributed by atoms with van der Waals surface area (Å²) in [6.45, 7) is 2.23. The minimum atomic E-state index is -0.993. The molecule has 2 unspecified atom stereocenters. The van der Waals surface area contributed by atoms with Gasteiger partial charge in [0, 0.05) is 7.05 Å². The number of likely N-dealkylation sites (N-methyl/N-ethyl adjacent to an activating group) is 1. The van der Waals surface area contributed by atoms with Crippen molar-refractivity contribution in [3.8, 4) is 0 Å². The molecule has 0 fully saturated rings. The number of carboxylic acids is 1. The standard InChI is InChI=1S/C15H19NO4/c1-3-12(15(18)19)16(2)14(17)13-11-7-5-4-6-10(11)8-9-20-13/h4-7,12-13H,3,8-9H2,1-2H3,(H,18,19). The molecule has 108 valence electrons. The summed E-state index contributed by atoms with van der Waals surface area (Å²) in [6.07, 6.45) is 0.449. The van der Waals surface area contributed by atoms with Gasteiger partial charge in [-0.05, 0) is 24.0 Å². The molecule has 1 aromatic carbocycles. The normalized spacial score (nSPS) is 19.0. The van der Waals surface area contributed by atoms with Crippen molar-refractivity contribution >= 4 is 11.9 Å². The summed E-state index contributed by atoms with van der Waals surface area (Å²) in [4.78, 5) is 24.9. The maximum absolute atomic E-state index is 12.5. The van der Waals surface area contributed by atoms with E-state index in [1.165, 1.54) is 11.9 Å². The second kappa shape index (κ2) is 6.05. The number of hydrogen-bond donors (Lipinski definition) is 1. The van der Waals surface area contributed by atoms with Crippen LogP contribution in [-0.2, 0) is 20.7 Å². The van der Waals surface area contributed by atoms with Crippen LogP contribution >= 0.6 is 0 Å². The molecule has 20 heavy (non-hydrogen) atoms. The van der Waals surface area contributed by atoms with E-state index in [1.54, 1.807) is 6.92 Å². The Bertz CT molecular complexity index is 514. The van der Waals surface area contributed by atoms with Crippen LogP contribution in [0.25, 0.3) is 0 Å². The molecule has 0 radical (unpaired) electrons. The Kier molecular flexibility index (Phi) is 4.39. The molecule has 5 heteroatoms. The molecular weight excluding hydrogens is 258 g/mol. The van der Waals surface area contributed by atoms with Gasteiger partial charge in [-0.15, -0.1) is 0 Å². The Morgan fingerprint density at radius 1 is 1.45 bits per heavy atom. The van der Waals surface area contributed by atoms with Crippen LogP contribution in [0.2, 0.25) is 0 Å². The van der Waals surface area contributed by atoms with Gasteiger partial charge in [0.25, 0.3) is 5.91 Å². The second-order valence-electron chi connectivity index (χ2n) is 4.91. The maximum Gasteiger partial charge on any atom is 0.326 e. The summed E-state index contributed by atoms with van der Waals surface area (Å²) in [5, 5.41) is 9.15. The van der Waals surface area contributed by atoms with Crippen molar-refractivity contribution in [2.45, 2.75) is 31.9 Å². The molecule has 0 bridgehead atoms. The van der Waals surface area contributed by atoms with E-state index in [0.29, 0.717) is 13.0 Å². The number of carboxylic acid groups (broad SMARTS) is 1. The molecule has 5 nitrogen and oxygen atoms in total. The first-order chi connectivity index (χ1) is 9.56. The van der Waals surface area contributed by atoms with Gasteiger partial charge in [-0.2, -0.15) is 0 Å². The molecule has 0 saturated heterocycles. The van der Waals surface area contributed by atoms with Crippen molar-refractivity contribution in [1.29, 1.82) is 0 Å². The zero-order valence-electron chi connectivity index (χ0n) is 11.7. The predicted molar refractivity (Wildman–Crippen MR) is 73.3 cm³/mol. The van der Waals surface area contributed by atoms with Gasteiger partial charge in [0.2, 0.25) is 0 Å². The average Bonchev–Trinajstić information content (AvgIpc) is 2.46. The molecule has 0 aromatic heterocycles. The first kappa shape index (κ1) is 14.5. The van der Waals surface area contributed by atoms with E-state index in [4.69, 9.17) is 9.84 Å². The molecule has 2 atom stereocenters. The summed E-state index contributed by atoms with van der Waals surface area (Å²) in [5.74, 6) is -1.29. The molecule has 2 rings (SSSR count). The number of hydrogen-bond acceptors (Lipinski definition) is 3. The minimum absolute atomic E-state index is 0.300. The van der Waals surface area contributed by atoms with Crippen molar-refractivity contribution < 1.29 is 19.4 Å². The topological polar surface area (TPSA) is 66.8 Å². The lowest BCUT2D eigenvalue weighted by atomic mass is 9.96. The summed E-state index contributed by atoms with van der Waals surface area (Å²) in [6, 6.07) is 6.82. The lowest BCUT2D eigenvalue weighted by Gasteiger charge is -2.31. The molecule has 0 saturated carbocycles. The summed E-state index contributed by atoms with van der Waals surface area (Å²) >= 11 is 0. The number of amides is 1. The third-order valence-electron chi connectivity index (χ3n) is 3.70. The number of nitrogens with zero attached hydrogens (tertiary/aromatic N) is 1. The molecule has 1 aliphatic heterocycles. The highest BCUT2D eigenvalue weighted by Gasteiger charge is 2.33. The van der Waals surface area contributed by atoms with Gasteiger partial charge in [-0.1, -0.05) is 31.2 Å². The van der Waals surface area contributed by atoms with Crippen LogP contribution < -0.4 is 0 Å². The largest absolute Gasteiger partial charge is 0.480 e. The van der Waals surface area contributed by atoms with Crippen LogP contribution in [0, 0.1) is 0 Å². The third kappa shape index (κ3) is 2.67. The summed E-state index contributed by atoms with van der Waals surface area (Å²) in [5.41, 5.74) is 1.93. The van der Waals surface area contributed by atoms with E-state index in [-0.39, 0.29) is 5.91 Å². The number of carbonyl (C=O) groups excluding carboxylic acids is 1. The van der Waals surface area contributed by atoms with E-state index in [2.05, 4.69) is 0 Å². The molecule has 1 amide bonds. The Morgan fingerprint density at radius 2 is 2.15 bits per heavy atom. The van der Waals surface area contributed by atoms with E-state index in [0.717, 1.165) is 17.5 Å². The van der Waals surface area contributed by atoms with Gasteiger partial charge in [-0.3, -0.25) is 4.79 Å². The highest BCUT2D eigenvalue weighted by Crippen LogP contribution is 2.28. The van der Waals surface area contributed by atoms with Crippen LogP contribution in [0.3, 0.4) is 0 Å². The van der Waals surface area contributed by atoms with Gasteiger partial charge < -0.3 is 14.7 Å². The van der Waals surface area contributed by atoms with Gasteiger partial charge >= 0.3 is 5.97 Å². The van der Waals surface area contributed by atoms with E-state index in [9.17, 15) is 9.59 Å². The molecule has 1 aromatic rings. The summed E-state index contributed by atoms with van der Waals surface area (Å²) < 4.78 is 5.58. The third-order valence-corrected chi connectivity index (χ3v) is 3.70. The number of fused-ring (bicyclic) bond motifs is 1. The molecule has 1 N–H and O–H groups in total. The molecular formula is C15H19NO4. The Hall–Kier alpha value is -1.88. The average molecular weight is 277 g/mol. The zero-order chi connectivity index (χ0) is 14.7. The first-order valence-electron chi connectivity index (χ1n) is 6.75. The first-order valence-corrected chi connectivity index (χ1v) is 6.75.